The summed E-state index contributed by atoms with van der Waals surface area (Å²) in [6, 6.07) is 0. The summed E-state index contributed by atoms with van der Waals surface area (Å²) in [5, 5.41) is 0. The van der Waals surface area contributed by atoms with Gasteiger partial charge in [-0.25, -0.2) is 0 Å². The maximum absolute atomic E-state index is 3.26. The summed E-state index contributed by atoms with van der Waals surface area (Å²) in [5.74, 6) is 0. The molecule has 0 aromatic rings. The Kier molecular flexibility index (Phi) is 0.339. The minimum Gasteiger partial charge on any atom is -0.324 e. The lowest BCUT2D eigenvalue weighted by molar-refractivity contribution is 0.925. The molecule has 0 atom stereocenters. The van der Waals surface area contributed by atoms with Gasteiger partial charge in [-0.2, -0.15) is 0 Å². The summed E-state index contributed by atoms with van der Waals surface area (Å²) in [4.78, 5) is 0. The molecule has 21 valence electrons. The van der Waals surface area contributed by atoms with Crippen LogP contribution in [0.4, 0.5) is 0 Å². The van der Waals surface area contributed by atoms with Gasteiger partial charge >= 0.3 is 0 Å². The van der Waals surface area contributed by atoms with Crippen LogP contribution in [0.5, 0.6) is 0 Å². The van der Waals surface area contributed by atoms with Crippen molar-refractivity contribution >= 4 is 10.4 Å². The van der Waals surface area contributed by atoms with Crippen molar-refractivity contribution in [3.8, 4) is 0 Å². The van der Waals surface area contributed by atoms with Gasteiger partial charge in [0, 0.05) is 13.1 Å². The summed E-state index contributed by atoms with van der Waals surface area (Å²) in [6.45, 7) is 2.47. The van der Waals surface area contributed by atoms with Crippen molar-refractivity contribution in [3.63, 3.8) is 0 Å². The number of nitrogens with zero attached hydrogens (tertiary/aromatic N) is 1. The van der Waals surface area contributed by atoms with Gasteiger partial charge in [0.25, 0.3) is 0 Å². The normalized spacial score (nSPS) is 26.2. The molecule has 1 heterocycles. The minimum absolute atomic E-state index is 1.23. The van der Waals surface area contributed by atoms with E-state index in [4.69, 9.17) is 0 Å². The van der Waals surface area contributed by atoms with Crippen molar-refractivity contribution < 1.29 is 0 Å². The maximum atomic E-state index is 3.26. The van der Waals surface area contributed by atoms with E-state index in [-0.39, 0.29) is 0 Å². The molecule has 0 amide bonds. The monoisotopic (exact) mass is 70.0 g/mol. The molecule has 0 bridgehead atoms. The van der Waals surface area contributed by atoms with E-state index in [0.29, 0.717) is 0 Å². The van der Waals surface area contributed by atoms with Gasteiger partial charge in [0.15, 0.2) is 0 Å². The van der Waals surface area contributed by atoms with Gasteiger partial charge in [0.2, 0.25) is 0 Å². The van der Waals surface area contributed by atoms with Crippen molar-refractivity contribution in [2.75, 3.05) is 13.1 Å². The molecule has 0 unspecified atom stereocenters. The van der Waals surface area contributed by atoms with E-state index < -0.39 is 0 Å². The molecule has 3 radical (unpaired) electrons. The topological polar surface area (TPSA) is 3.01 Å². The molecular weight excluding hydrogens is 66.1 g/mol. The molecule has 1 aliphatic rings. The second-order valence-electron chi connectivity index (χ2n) is 0.987. The molecule has 0 aromatic carbocycles. The molecule has 0 saturated carbocycles. The van der Waals surface area contributed by atoms with Crippen LogP contribution in [-0.4, -0.2) is 28.1 Å². The fourth-order valence-corrected chi connectivity index (χ4v) is 0.150. The number of hydrogen-bond donors (Lipinski definition) is 0. The third kappa shape index (κ3) is 0.299. The van der Waals surface area contributed by atoms with E-state index in [2.05, 4.69) is 15.0 Å². The third-order valence-electron chi connectivity index (χ3n) is 0.447. The van der Waals surface area contributed by atoms with E-state index in [1.54, 1.807) is 0 Å². The standard InChI is InChI=1S/C2H4NSi/c4-3-1-2-3/h1-2H2. The first-order valence-corrected chi connectivity index (χ1v) is 1.80. The minimum atomic E-state index is 1.23. The molecule has 0 aromatic heterocycles. The summed E-state index contributed by atoms with van der Waals surface area (Å²) in [7, 11) is 3.26. The fourth-order valence-electron chi connectivity index (χ4n) is 0.0500. The lowest BCUT2D eigenvalue weighted by Gasteiger charge is -1.64. The van der Waals surface area contributed by atoms with Gasteiger partial charge in [-0.1, -0.05) is 0 Å². The summed E-state index contributed by atoms with van der Waals surface area (Å²) < 4.78 is 2.06. The second kappa shape index (κ2) is 0.562. The quantitative estimate of drug-likeness (QED) is 0.271. The highest BCUT2D eigenvalue weighted by molar-refractivity contribution is 6.05. The summed E-state index contributed by atoms with van der Waals surface area (Å²) in [5.41, 5.74) is 0. The van der Waals surface area contributed by atoms with Gasteiger partial charge in [0.1, 0.15) is 10.4 Å². The maximum Gasteiger partial charge on any atom is 0.143 e. The molecule has 1 fully saturated rings. The Morgan fingerprint density at radius 1 is 1.50 bits per heavy atom. The lowest BCUT2D eigenvalue weighted by Crippen LogP contribution is -1.80. The fraction of sp³-hybridized carbons (Fsp3) is 1.00. The second-order valence-corrected chi connectivity index (χ2v) is 1.62. The zero-order valence-corrected chi connectivity index (χ0v) is 3.36. The molecular formula is C2H4NSi. The van der Waals surface area contributed by atoms with E-state index in [9.17, 15) is 0 Å². The van der Waals surface area contributed by atoms with Gasteiger partial charge < -0.3 is 4.57 Å². The Morgan fingerprint density at radius 2 is 1.75 bits per heavy atom. The van der Waals surface area contributed by atoms with Gasteiger partial charge in [-0.05, 0) is 0 Å². The molecule has 1 nitrogen and oxygen atoms in total. The Labute approximate surface area is 29.1 Å². The van der Waals surface area contributed by atoms with Gasteiger partial charge in [-0.15, -0.1) is 0 Å². The van der Waals surface area contributed by atoms with E-state index in [1.807, 2.05) is 0 Å². The number of hydrogen-bond acceptors (Lipinski definition) is 1. The van der Waals surface area contributed by atoms with Gasteiger partial charge in [-0.3, -0.25) is 0 Å². The highest BCUT2D eigenvalue weighted by Gasteiger charge is 2.07. The average Bonchev–Trinajstić information content (AvgIpc) is 1.75. The predicted octanol–water partition coefficient (Wildman–Crippen LogP) is -0.615. The Hall–Kier alpha value is 0.177. The average molecular weight is 70.1 g/mol. The lowest BCUT2D eigenvalue weighted by atomic mass is 11.0. The summed E-state index contributed by atoms with van der Waals surface area (Å²) in [6.07, 6.45) is 0. The van der Waals surface area contributed by atoms with Crippen LogP contribution in [0.2, 0.25) is 0 Å². The van der Waals surface area contributed by atoms with Crippen LogP contribution < -0.4 is 0 Å². The smallest absolute Gasteiger partial charge is 0.143 e. The molecule has 0 aliphatic carbocycles. The number of rotatable bonds is 0. The zero-order valence-electron chi connectivity index (χ0n) is 2.36. The molecule has 1 aliphatic heterocycles. The zero-order chi connectivity index (χ0) is 2.99. The van der Waals surface area contributed by atoms with E-state index in [0.717, 1.165) is 0 Å². The highest BCUT2D eigenvalue weighted by atomic mass is 28.2. The van der Waals surface area contributed by atoms with Crippen LogP contribution in [0.25, 0.3) is 0 Å². The van der Waals surface area contributed by atoms with E-state index in [1.165, 1.54) is 13.1 Å². The van der Waals surface area contributed by atoms with Crippen LogP contribution in [-0.2, 0) is 0 Å². The van der Waals surface area contributed by atoms with Crippen molar-refractivity contribution in [1.82, 2.24) is 4.57 Å². The molecule has 0 spiro atoms. The largest absolute Gasteiger partial charge is 0.324 e. The van der Waals surface area contributed by atoms with Crippen molar-refractivity contribution in [3.05, 3.63) is 0 Å². The van der Waals surface area contributed by atoms with Crippen molar-refractivity contribution in [2.45, 2.75) is 0 Å². The highest BCUT2D eigenvalue weighted by Crippen LogP contribution is 1.91. The first kappa shape index (κ1) is 2.42. The molecule has 2 heteroatoms. The van der Waals surface area contributed by atoms with Crippen LogP contribution >= 0.6 is 0 Å². The van der Waals surface area contributed by atoms with Crippen LogP contribution in [0.3, 0.4) is 0 Å². The molecule has 1 saturated heterocycles. The van der Waals surface area contributed by atoms with Crippen molar-refractivity contribution in [2.24, 2.45) is 0 Å². The Morgan fingerprint density at radius 3 is 1.75 bits per heavy atom. The predicted molar refractivity (Wildman–Crippen MR) is 17.3 cm³/mol. The van der Waals surface area contributed by atoms with Crippen LogP contribution in [0.1, 0.15) is 0 Å². The molecule has 0 N–H and O–H groups in total. The van der Waals surface area contributed by atoms with Gasteiger partial charge in [0.05, 0.1) is 0 Å². The molecule has 4 heavy (non-hydrogen) atoms. The Bertz CT molecular complexity index is 25.2. The Balaban J connectivity index is 2.17. The molecule has 1 rings (SSSR count). The first-order valence-electron chi connectivity index (χ1n) is 1.36. The van der Waals surface area contributed by atoms with Crippen LogP contribution in [0, 0.1) is 0 Å². The van der Waals surface area contributed by atoms with Crippen LogP contribution in [0.15, 0.2) is 0 Å². The van der Waals surface area contributed by atoms with E-state index >= 15 is 0 Å². The summed E-state index contributed by atoms with van der Waals surface area (Å²) >= 11 is 0. The SMILES string of the molecule is [Si]N1CC1. The third-order valence-corrected chi connectivity index (χ3v) is 0.894. The first-order chi connectivity index (χ1) is 1.89. The van der Waals surface area contributed by atoms with Crippen molar-refractivity contribution in [1.29, 1.82) is 0 Å².